The first kappa shape index (κ1) is 14.1. The van der Waals surface area contributed by atoms with E-state index in [9.17, 15) is 14.7 Å². The Morgan fingerprint density at radius 3 is 2.59 bits per heavy atom. The summed E-state index contributed by atoms with van der Waals surface area (Å²) in [7, 11) is 0. The van der Waals surface area contributed by atoms with Gasteiger partial charge in [-0.05, 0) is 42.8 Å². The molecule has 0 fully saturated rings. The lowest BCUT2D eigenvalue weighted by molar-refractivity contribution is -0.138. The Balaban J connectivity index is 1.89. The number of hydrogen-bond acceptors (Lipinski definition) is 4. The van der Waals surface area contributed by atoms with Gasteiger partial charge in [-0.3, -0.25) is 9.59 Å². The molecule has 2 heterocycles. The lowest BCUT2D eigenvalue weighted by Crippen LogP contribution is -2.10. The molecule has 6 nitrogen and oxygen atoms in total. The number of carboxylic acid groups (broad SMARTS) is 1. The number of nitrogens with zero attached hydrogens (tertiary/aromatic N) is 2. The number of carboxylic acids is 1. The number of carbonyl (C=O) groups excluding carboxylic acids is 1. The summed E-state index contributed by atoms with van der Waals surface area (Å²) in [6.07, 6.45) is 0.517. The van der Waals surface area contributed by atoms with Crippen LogP contribution in [0, 0.1) is 0 Å². The number of aromatic nitrogens is 1. The third kappa shape index (κ3) is 2.28. The van der Waals surface area contributed by atoms with Crippen LogP contribution in [-0.4, -0.2) is 28.1 Å². The molecule has 0 saturated carbocycles. The van der Waals surface area contributed by atoms with Crippen molar-refractivity contribution in [3.63, 3.8) is 0 Å². The van der Waals surface area contributed by atoms with Crippen molar-refractivity contribution >= 4 is 18.5 Å². The van der Waals surface area contributed by atoms with Crippen molar-refractivity contribution in [1.82, 2.24) is 4.57 Å². The van der Waals surface area contributed by atoms with Crippen LogP contribution in [0.1, 0.15) is 34.1 Å². The molecule has 1 unspecified atom stereocenters. The van der Waals surface area contributed by atoms with Crippen molar-refractivity contribution in [2.75, 3.05) is 0 Å². The third-order valence-corrected chi connectivity index (χ3v) is 3.83. The van der Waals surface area contributed by atoms with E-state index >= 15 is 0 Å². The zero-order valence-electron chi connectivity index (χ0n) is 11.7. The molecule has 1 N–H and O–H groups in total. The lowest BCUT2D eigenvalue weighted by atomic mass is 10.1. The molecule has 0 bridgehead atoms. The second-order valence-electron chi connectivity index (χ2n) is 5.05. The molecule has 2 aromatic rings. The van der Waals surface area contributed by atoms with Gasteiger partial charge in [-0.15, -0.1) is 0 Å². The summed E-state index contributed by atoms with van der Waals surface area (Å²) < 4.78 is 1.79. The summed E-state index contributed by atoms with van der Waals surface area (Å²) in [6, 6.07) is 9.96. The Bertz CT molecular complexity index is 746. The molecule has 6 heteroatoms. The Kier molecular flexibility index (Phi) is 3.50. The highest BCUT2D eigenvalue weighted by Gasteiger charge is 2.31. The van der Waals surface area contributed by atoms with Gasteiger partial charge in [0.05, 0.1) is 11.6 Å². The molecule has 3 rings (SSSR count). The van der Waals surface area contributed by atoms with Crippen molar-refractivity contribution in [3.05, 3.63) is 53.3 Å². The maximum Gasteiger partial charge on any atom is 0.312 e. The van der Waals surface area contributed by atoms with E-state index in [4.69, 9.17) is 4.84 Å². The molecule has 112 valence electrons. The molecule has 0 saturated heterocycles. The number of oxime groups is 1. The Hall–Kier alpha value is -2.89. The minimum atomic E-state index is -0.853. The van der Waals surface area contributed by atoms with Crippen molar-refractivity contribution in [2.45, 2.75) is 18.9 Å². The maximum atomic E-state index is 12.6. The molecule has 1 aliphatic rings. The van der Waals surface area contributed by atoms with Crippen molar-refractivity contribution < 1.29 is 19.5 Å². The first-order valence-electron chi connectivity index (χ1n) is 6.82. The number of fused-ring (bicyclic) bond motifs is 1. The van der Waals surface area contributed by atoms with Gasteiger partial charge in [0.25, 0.3) is 0 Å². The molecule has 1 aromatic heterocycles. The average molecular weight is 298 g/mol. The Labute approximate surface area is 126 Å². The quantitative estimate of drug-likeness (QED) is 0.521. The molecule has 22 heavy (non-hydrogen) atoms. The van der Waals surface area contributed by atoms with E-state index in [0.717, 1.165) is 0 Å². The maximum absolute atomic E-state index is 12.6. The Morgan fingerprint density at radius 2 is 1.95 bits per heavy atom. The monoisotopic (exact) mass is 298 g/mol. The number of hydrogen-bond donors (Lipinski definition) is 1. The standard InChI is InChI=1S/C16H14N2O4/c1-17-22-11-4-2-10(3-5-11)15(19)14-7-6-13-12(16(20)21)8-9-18(13)14/h2-7,12H,1,8-9H2,(H,20,21). The summed E-state index contributed by atoms with van der Waals surface area (Å²) in [5.74, 6) is -1.03. The first-order valence-corrected chi connectivity index (χ1v) is 6.82. The van der Waals surface area contributed by atoms with Crippen molar-refractivity contribution in [2.24, 2.45) is 5.16 Å². The van der Waals surface area contributed by atoms with E-state index < -0.39 is 11.9 Å². The van der Waals surface area contributed by atoms with E-state index in [1.807, 2.05) is 0 Å². The second-order valence-corrected chi connectivity index (χ2v) is 5.05. The van der Waals surface area contributed by atoms with Gasteiger partial charge in [0.15, 0.2) is 5.75 Å². The third-order valence-electron chi connectivity index (χ3n) is 3.83. The van der Waals surface area contributed by atoms with Gasteiger partial charge < -0.3 is 14.5 Å². The molecule has 1 aromatic carbocycles. The lowest BCUT2D eigenvalue weighted by Gasteiger charge is -2.06. The first-order chi connectivity index (χ1) is 10.6. The van der Waals surface area contributed by atoms with Gasteiger partial charge in [-0.1, -0.05) is 5.16 Å². The fraction of sp³-hybridized carbons (Fsp3) is 0.188. The van der Waals surface area contributed by atoms with Crippen LogP contribution in [0.5, 0.6) is 5.75 Å². The summed E-state index contributed by atoms with van der Waals surface area (Å²) >= 11 is 0. The van der Waals surface area contributed by atoms with Gasteiger partial charge in [-0.2, -0.15) is 0 Å². The van der Waals surface area contributed by atoms with Gasteiger partial charge in [0, 0.05) is 24.5 Å². The number of ketones is 1. The molecule has 1 atom stereocenters. The molecule has 0 aliphatic carbocycles. The van der Waals surface area contributed by atoms with Gasteiger partial charge >= 0.3 is 5.97 Å². The summed E-state index contributed by atoms with van der Waals surface area (Å²) in [5, 5.41) is 12.5. The normalized spacial score (nSPS) is 16.1. The van der Waals surface area contributed by atoms with Crippen LogP contribution in [0.3, 0.4) is 0 Å². The van der Waals surface area contributed by atoms with Crippen LogP contribution in [0.25, 0.3) is 0 Å². The number of carbonyl (C=O) groups is 2. The molecular formula is C16H14N2O4. The predicted molar refractivity (Wildman–Crippen MR) is 79.5 cm³/mol. The van der Waals surface area contributed by atoms with E-state index in [2.05, 4.69) is 11.9 Å². The number of aliphatic carboxylic acids is 1. The van der Waals surface area contributed by atoms with E-state index in [1.54, 1.807) is 41.0 Å². The van der Waals surface area contributed by atoms with Crippen LogP contribution in [0.4, 0.5) is 0 Å². The number of rotatable bonds is 5. The topological polar surface area (TPSA) is 80.9 Å². The van der Waals surface area contributed by atoms with Crippen LogP contribution < -0.4 is 4.84 Å². The molecular weight excluding hydrogens is 284 g/mol. The Morgan fingerprint density at radius 1 is 1.23 bits per heavy atom. The highest BCUT2D eigenvalue weighted by atomic mass is 16.6. The molecule has 0 radical (unpaired) electrons. The minimum absolute atomic E-state index is 0.143. The van der Waals surface area contributed by atoms with Crippen LogP contribution in [0.2, 0.25) is 0 Å². The highest BCUT2D eigenvalue weighted by Crippen LogP contribution is 2.31. The van der Waals surface area contributed by atoms with Crippen LogP contribution in [0.15, 0.2) is 41.6 Å². The fourth-order valence-corrected chi connectivity index (χ4v) is 2.78. The van der Waals surface area contributed by atoms with Gasteiger partial charge in [0.2, 0.25) is 5.78 Å². The van der Waals surface area contributed by atoms with Crippen LogP contribution >= 0.6 is 0 Å². The molecule has 1 aliphatic heterocycles. The number of benzene rings is 1. The van der Waals surface area contributed by atoms with Crippen molar-refractivity contribution in [3.8, 4) is 5.75 Å². The van der Waals surface area contributed by atoms with E-state index in [-0.39, 0.29) is 5.78 Å². The SMILES string of the molecule is C=NOc1ccc(C(=O)c2ccc3n2CCC3C(=O)O)cc1. The minimum Gasteiger partial charge on any atom is -0.481 e. The zero-order valence-corrected chi connectivity index (χ0v) is 11.7. The smallest absolute Gasteiger partial charge is 0.312 e. The fourth-order valence-electron chi connectivity index (χ4n) is 2.78. The van der Waals surface area contributed by atoms with E-state index in [1.165, 1.54) is 0 Å². The highest BCUT2D eigenvalue weighted by molar-refractivity contribution is 6.08. The summed E-state index contributed by atoms with van der Waals surface area (Å²) in [6.45, 7) is 3.77. The molecule has 0 spiro atoms. The second kappa shape index (κ2) is 5.48. The molecule has 0 amide bonds. The van der Waals surface area contributed by atoms with E-state index in [0.29, 0.717) is 35.7 Å². The largest absolute Gasteiger partial charge is 0.481 e. The summed E-state index contributed by atoms with van der Waals surface area (Å²) in [5.41, 5.74) is 1.71. The van der Waals surface area contributed by atoms with Gasteiger partial charge in [-0.25, -0.2) is 0 Å². The van der Waals surface area contributed by atoms with Crippen molar-refractivity contribution in [1.29, 1.82) is 0 Å². The predicted octanol–water partition coefficient (Wildman–Crippen LogP) is 2.29. The van der Waals surface area contributed by atoms with Crippen LogP contribution in [-0.2, 0) is 11.3 Å². The summed E-state index contributed by atoms with van der Waals surface area (Å²) in [4.78, 5) is 28.6. The van der Waals surface area contributed by atoms with Gasteiger partial charge in [0.1, 0.15) is 0 Å². The zero-order chi connectivity index (χ0) is 15.7. The average Bonchev–Trinajstić information content (AvgIpc) is 3.08.